The molecular formula is C20H24ClN3O2. The number of carbonyl (C=O) groups is 1. The molecule has 1 unspecified atom stereocenters. The predicted octanol–water partition coefficient (Wildman–Crippen LogP) is 4.32. The number of amides is 1. The normalized spacial score (nSPS) is 16.1. The fourth-order valence-corrected chi connectivity index (χ4v) is 3.42. The molecule has 0 radical (unpaired) electrons. The second-order valence-corrected chi connectivity index (χ2v) is 7.22. The first-order chi connectivity index (χ1) is 12.5. The van der Waals surface area contributed by atoms with Crippen molar-refractivity contribution in [1.82, 2.24) is 15.3 Å². The number of hydrogen-bond acceptors (Lipinski definition) is 4. The average molecular weight is 374 g/mol. The Labute approximate surface area is 159 Å². The molecule has 0 bridgehead atoms. The second-order valence-electron chi connectivity index (χ2n) is 6.79. The number of rotatable bonds is 5. The van der Waals surface area contributed by atoms with Crippen LogP contribution in [-0.4, -0.2) is 21.9 Å². The third-order valence-electron chi connectivity index (χ3n) is 4.54. The maximum Gasteiger partial charge on any atom is 0.266 e. The lowest BCUT2D eigenvalue weighted by atomic mass is 9.95. The Hall–Kier alpha value is -2.14. The molecule has 1 N–H and O–H groups in total. The Kier molecular flexibility index (Phi) is 6.09. The summed E-state index contributed by atoms with van der Waals surface area (Å²) in [4.78, 5) is 21.5. The lowest BCUT2D eigenvalue weighted by Gasteiger charge is -2.26. The fourth-order valence-electron chi connectivity index (χ4n) is 3.30. The SMILES string of the molecule is Cc1cc(OC(C(=O)NC2CCCCC2)c2ccc(Cl)cc2)nc(C)n1. The van der Waals surface area contributed by atoms with Crippen molar-refractivity contribution in [3.05, 3.63) is 52.4 Å². The second kappa shape index (κ2) is 8.49. The highest BCUT2D eigenvalue weighted by molar-refractivity contribution is 6.30. The Morgan fingerprint density at radius 1 is 1.15 bits per heavy atom. The number of nitrogens with one attached hydrogen (secondary N) is 1. The molecule has 1 aliphatic rings. The van der Waals surface area contributed by atoms with Crippen LogP contribution in [0.2, 0.25) is 5.02 Å². The van der Waals surface area contributed by atoms with Crippen molar-refractivity contribution in [2.45, 2.75) is 58.1 Å². The maximum absolute atomic E-state index is 13.0. The summed E-state index contributed by atoms with van der Waals surface area (Å²) < 4.78 is 6.00. The van der Waals surface area contributed by atoms with Gasteiger partial charge in [0.2, 0.25) is 12.0 Å². The molecular weight excluding hydrogens is 350 g/mol. The van der Waals surface area contributed by atoms with Gasteiger partial charge >= 0.3 is 0 Å². The highest BCUT2D eigenvalue weighted by Crippen LogP contribution is 2.25. The van der Waals surface area contributed by atoms with E-state index in [9.17, 15) is 4.79 Å². The highest BCUT2D eigenvalue weighted by Gasteiger charge is 2.26. The number of aromatic nitrogens is 2. The van der Waals surface area contributed by atoms with E-state index in [2.05, 4.69) is 15.3 Å². The van der Waals surface area contributed by atoms with Gasteiger partial charge < -0.3 is 10.1 Å². The summed E-state index contributed by atoms with van der Waals surface area (Å²) >= 11 is 5.99. The zero-order valence-corrected chi connectivity index (χ0v) is 15.9. The van der Waals surface area contributed by atoms with Crippen LogP contribution >= 0.6 is 11.6 Å². The van der Waals surface area contributed by atoms with E-state index in [1.165, 1.54) is 6.42 Å². The van der Waals surface area contributed by atoms with E-state index < -0.39 is 6.10 Å². The smallest absolute Gasteiger partial charge is 0.266 e. The number of carbonyl (C=O) groups excluding carboxylic acids is 1. The van der Waals surface area contributed by atoms with E-state index in [4.69, 9.17) is 16.3 Å². The van der Waals surface area contributed by atoms with Gasteiger partial charge in [0.25, 0.3) is 5.91 Å². The molecule has 1 aromatic heterocycles. The first-order valence-electron chi connectivity index (χ1n) is 9.06. The Balaban J connectivity index is 1.82. The van der Waals surface area contributed by atoms with Gasteiger partial charge in [-0.15, -0.1) is 0 Å². The Morgan fingerprint density at radius 2 is 1.85 bits per heavy atom. The molecule has 26 heavy (non-hydrogen) atoms. The largest absolute Gasteiger partial charge is 0.459 e. The molecule has 5 nitrogen and oxygen atoms in total. The zero-order chi connectivity index (χ0) is 18.5. The molecule has 138 valence electrons. The van der Waals surface area contributed by atoms with Crippen LogP contribution in [0.4, 0.5) is 0 Å². The Morgan fingerprint density at radius 3 is 2.50 bits per heavy atom. The van der Waals surface area contributed by atoms with Gasteiger partial charge in [0.1, 0.15) is 5.82 Å². The van der Waals surface area contributed by atoms with Gasteiger partial charge in [-0.05, 0) is 38.8 Å². The van der Waals surface area contributed by atoms with Crippen molar-refractivity contribution in [3.63, 3.8) is 0 Å². The average Bonchev–Trinajstić information content (AvgIpc) is 2.60. The van der Waals surface area contributed by atoms with Gasteiger partial charge in [-0.1, -0.05) is 43.0 Å². The van der Waals surface area contributed by atoms with Crippen molar-refractivity contribution in [3.8, 4) is 5.88 Å². The van der Waals surface area contributed by atoms with Gasteiger partial charge in [0.05, 0.1) is 0 Å². The van der Waals surface area contributed by atoms with Gasteiger partial charge in [-0.3, -0.25) is 4.79 Å². The van der Waals surface area contributed by atoms with Crippen LogP contribution in [0.5, 0.6) is 5.88 Å². The topological polar surface area (TPSA) is 64.1 Å². The minimum atomic E-state index is -0.775. The highest BCUT2D eigenvalue weighted by atomic mass is 35.5. The van der Waals surface area contributed by atoms with Crippen LogP contribution in [0.3, 0.4) is 0 Å². The van der Waals surface area contributed by atoms with Crippen LogP contribution in [0, 0.1) is 13.8 Å². The van der Waals surface area contributed by atoms with E-state index in [1.54, 1.807) is 25.1 Å². The van der Waals surface area contributed by atoms with Crippen LogP contribution in [-0.2, 0) is 4.79 Å². The molecule has 6 heteroatoms. The van der Waals surface area contributed by atoms with Gasteiger partial charge in [-0.25, -0.2) is 4.98 Å². The number of ether oxygens (including phenoxy) is 1. The van der Waals surface area contributed by atoms with Crippen molar-refractivity contribution in [2.75, 3.05) is 0 Å². The van der Waals surface area contributed by atoms with Crippen LogP contribution < -0.4 is 10.1 Å². The third kappa shape index (κ3) is 4.94. The first-order valence-corrected chi connectivity index (χ1v) is 9.44. The quantitative estimate of drug-likeness (QED) is 0.847. The minimum absolute atomic E-state index is 0.145. The minimum Gasteiger partial charge on any atom is -0.459 e. The molecule has 2 aromatic rings. The number of hydrogen-bond donors (Lipinski definition) is 1. The molecule has 1 heterocycles. The third-order valence-corrected chi connectivity index (χ3v) is 4.80. The van der Waals surface area contributed by atoms with E-state index in [-0.39, 0.29) is 11.9 Å². The number of nitrogens with zero attached hydrogens (tertiary/aromatic N) is 2. The molecule has 1 aliphatic carbocycles. The summed E-state index contributed by atoms with van der Waals surface area (Å²) in [5.74, 6) is 0.865. The standard InChI is InChI=1S/C20H24ClN3O2/c1-13-12-18(23-14(2)22-13)26-19(15-8-10-16(21)11-9-15)20(25)24-17-6-4-3-5-7-17/h8-12,17,19H,3-7H2,1-2H3,(H,24,25). The fraction of sp³-hybridized carbons (Fsp3) is 0.450. The molecule has 1 aromatic carbocycles. The van der Waals surface area contributed by atoms with Crippen LogP contribution in [0.15, 0.2) is 30.3 Å². The summed E-state index contributed by atoms with van der Waals surface area (Å²) in [6.45, 7) is 3.68. The van der Waals surface area contributed by atoms with E-state index >= 15 is 0 Å². The summed E-state index contributed by atoms with van der Waals surface area (Å²) in [5, 5.41) is 3.76. The number of aryl methyl sites for hydroxylation is 2. The van der Waals surface area contributed by atoms with Crippen LogP contribution in [0.25, 0.3) is 0 Å². The lowest BCUT2D eigenvalue weighted by Crippen LogP contribution is -2.40. The first kappa shape index (κ1) is 18.6. The van der Waals surface area contributed by atoms with Gasteiger partial charge in [0.15, 0.2) is 0 Å². The summed E-state index contributed by atoms with van der Waals surface area (Å²) in [7, 11) is 0. The van der Waals surface area contributed by atoms with Crippen molar-refractivity contribution in [2.24, 2.45) is 0 Å². The summed E-state index contributed by atoms with van der Waals surface area (Å²) in [5.41, 5.74) is 1.55. The molecule has 1 fully saturated rings. The van der Waals surface area contributed by atoms with E-state index in [0.29, 0.717) is 16.7 Å². The molecule has 1 atom stereocenters. The monoisotopic (exact) mass is 373 g/mol. The molecule has 0 spiro atoms. The van der Waals surface area contributed by atoms with E-state index in [0.717, 1.165) is 36.9 Å². The zero-order valence-electron chi connectivity index (χ0n) is 15.2. The molecule has 1 saturated carbocycles. The Bertz CT molecular complexity index is 738. The van der Waals surface area contributed by atoms with Crippen molar-refractivity contribution < 1.29 is 9.53 Å². The summed E-state index contributed by atoms with van der Waals surface area (Å²) in [6, 6.07) is 9.10. The van der Waals surface area contributed by atoms with Crippen LogP contribution in [0.1, 0.15) is 55.3 Å². The lowest BCUT2D eigenvalue weighted by molar-refractivity contribution is -0.129. The molecule has 3 rings (SSSR count). The maximum atomic E-state index is 13.0. The molecule has 0 aliphatic heterocycles. The predicted molar refractivity (Wildman–Crippen MR) is 101 cm³/mol. The van der Waals surface area contributed by atoms with Crippen molar-refractivity contribution in [1.29, 1.82) is 0 Å². The summed E-state index contributed by atoms with van der Waals surface area (Å²) in [6.07, 6.45) is 4.81. The van der Waals surface area contributed by atoms with Gasteiger partial charge in [-0.2, -0.15) is 4.98 Å². The molecule has 1 amide bonds. The molecule has 0 saturated heterocycles. The van der Waals surface area contributed by atoms with E-state index in [1.807, 2.05) is 19.1 Å². The van der Waals surface area contributed by atoms with Gasteiger partial charge in [0, 0.05) is 28.4 Å². The number of halogens is 1. The number of benzene rings is 1. The van der Waals surface area contributed by atoms with Crippen molar-refractivity contribution >= 4 is 17.5 Å².